The average molecular weight is 539 g/mol. The lowest BCUT2D eigenvalue weighted by atomic mass is 9.98. The smallest absolute Gasteiger partial charge is 0.417 e. The minimum absolute atomic E-state index is 0.183. The second-order valence-corrected chi connectivity index (χ2v) is 11.2. The molecule has 0 atom stereocenters. The van der Waals surface area contributed by atoms with Crippen LogP contribution in [-0.4, -0.2) is 43.8 Å². The van der Waals surface area contributed by atoms with E-state index < -0.39 is 17.6 Å². The molecule has 2 amide bonds. The first-order valence-electron chi connectivity index (χ1n) is 13.5. The molecule has 206 valence electrons. The summed E-state index contributed by atoms with van der Waals surface area (Å²) in [5.41, 5.74) is 4.94. The number of nitrogens with zero attached hydrogens (tertiary/aromatic N) is 4. The van der Waals surface area contributed by atoms with Crippen molar-refractivity contribution in [3.05, 3.63) is 89.9 Å². The highest BCUT2D eigenvalue weighted by molar-refractivity contribution is 6.08. The van der Waals surface area contributed by atoms with Crippen LogP contribution in [-0.2, 0) is 17.9 Å². The Kier molecular flexibility index (Phi) is 7.43. The Morgan fingerprint density at radius 2 is 1.60 bits per heavy atom. The standard InChI is InChI=1S/C32H34N4O4/c1-21(2)23-8-6-22(7-9-23)20-39-26-12-10-24(11-13-26)27-28(25-14-16-33-17-15-25)34-36-19-18-35(30(37)29(27)36)31(38)40-32(3,4)5/h6-17,21H,18-20H2,1-5H3. The number of rotatable bonds is 6. The van der Waals surface area contributed by atoms with Gasteiger partial charge in [-0.3, -0.25) is 14.5 Å². The van der Waals surface area contributed by atoms with Crippen molar-refractivity contribution in [3.8, 4) is 28.1 Å². The fourth-order valence-electron chi connectivity index (χ4n) is 4.62. The Morgan fingerprint density at radius 3 is 2.23 bits per heavy atom. The molecule has 0 radical (unpaired) electrons. The summed E-state index contributed by atoms with van der Waals surface area (Å²) in [6.45, 7) is 10.7. The van der Waals surface area contributed by atoms with Crippen molar-refractivity contribution in [2.24, 2.45) is 0 Å². The van der Waals surface area contributed by atoms with Crippen LogP contribution in [0.3, 0.4) is 0 Å². The number of ether oxygens (including phenoxy) is 2. The summed E-state index contributed by atoms with van der Waals surface area (Å²) in [7, 11) is 0. The van der Waals surface area contributed by atoms with Crippen LogP contribution in [0.15, 0.2) is 73.1 Å². The average Bonchev–Trinajstić information content (AvgIpc) is 3.33. The molecule has 0 saturated heterocycles. The van der Waals surface area contributed by atoms with Gasteiger partial charge in [0.15, 0.2) is 0 Å². The van der Waals surface area contributed by atoms with Crippen LogP contribution in [0, 0.1) is 0 Å². The van der Waals surface area contributed by atoms with E-state index in [-0.39, 0.29) is 6.54 Å². The number of benzene rings is 2. The van der Waals surface area contributed by atoms with Crippen LogP contribution in [0.1, 0.15) is 62.2 Å². The van der Waals surface area contributed by atoms with Crippen LogP contribution >= 0.6 is 0 Å². The van der Waals surface area contributed by atoms with E-state index in [0.29, 0.717) is 41.8 Å². The maximum Gasteiger partial charge on any atom is 0.417 e. The van der Waals surface area contributed by atoms with Crippen LogP contribution in [0.25, 0.3) is 22.4 Å². The molecule has 0 unspecified atom stereocenters. The van der Waals surface area contributed by atoms with E-state index in [2.05, 4.69) is 43.1 Å². The van der Waals surface area contributed by atoms with Crippen molar-refractivity contribution in [2.75, 3.05) is 6.54 Å². The zero-order chi connectivity index (χ0) is 28.4. The summed E-state index contributed by atoms with van der Waals surface area (Å²) in [5, 5.41) is 4.79. The highest BCUT2D eigenvalue weighted by atomic mass is 16.6. The molecular weight excluding hydrogens is 504 g/mol. The van der Waals surface area contributed by atoms with Crippen molar-refractivity contribution >= 4 is 12.0 Å². The minimum Gasteiger partial charge on any atom is -0.489 e. The Hall–Kier alpha value is -4.46. The van der Waals surface area contributed by atoms with Crippen molar-refractivity contribution in [1.82, 2.24) is 19.7 Å². The molecule has 1 aliphatic rings. The summed E-state index contributed by atoms with van der Waals surface area (Å²) in [6.07, 6.45) is 2.72. The predicted molar refractivity (Wildman–Crippen MR) is 153 cm³/mol. The third kappa shape index (κ3) is 5.76. The molecule has 8 heteroatoms. The number of pyridine rings is 1. The third-order valence-corrected chi connectivity index (χ3v) is 6.70. The molecule has 1 aliphatic heterocycles. The van der Waals surface area contributed by atoms with Crippen LogP contribution in [0.5, 0.6) is 5.75 Å². The second kappa shape index (κ2) is 11.0. The maximum atomic E-state index is 13.7. The van der Waals surface area contributed by atoms with E-state index >= 15 is 0 Å². The van der Waals surface area contributed by atoms with Gasteiger partial charge in [0, 0.05) is 23.5 Å². The topological polar surface area (TPSA) is 86.6 Å². The van der Waals surface area contributed by atoms with Gasteiger partial charge in [0.25, 0.3) is 5.91 Å². The second-order valence-electron chi connectivity index (χ2n) is 11.2. The zero-order valence-corrected chi connectivity index (χ0v) is 23.5. The van der Waals surface area contributed by atoms with Gasteiger partial charge >= 0.3 is 6.09 Å². The molecule has 0 spiro atoms. The first kappa shape index (κ1) is 27.1. The first-order valence-corrected chi connectivity index (χ1v) is 13.5. The molecule has 40 heavy (non-hydrogen) atoms. The van der Waals surface area contributed by atoms with Crippen molar-refractivity contribution in [1.29, 1.82) is 0 Å². The van der Waals surface area contributed by atoms with Gasteiger partial charge in [-0.05, 0) is 67.6 Å². The molecule has 3 heterocycles. The van der Waals surface area contributed by atoms with E-state index in [1.54, 1.807) is 37.8 Å². The Morgan fingerprint density at radius 1 is 0.925 bits per heavy atom. The van der Waals surface area contributed by atoms with Crippen molar-refractivity contribution in [2.45, 2.75) is 59.3 Å². The summed E-state index contributed by atoms with van der Waals surface area (Å²) >= 11 is 0. The molecule has 8 nitrogen and oxygen atoms in total. The lowest BCUT2D eigenvalue weighted by Gasteiger charge is -2.29. The van der Waals surface area contributed by atoms with E-state index in [0.717, 1.165) is 21.6 Å². The third-order valence-electron chi connectivity index (χ3n) is 6.70. The SMILES string of the molecule is CC(C)c1ccc(COc2ccc(-c3c(-c4ccncc4)nn4c3C(=O)N(C(=O)OC(C)(C)C)CC4)cc2)cc1. The number of aromatic nitrogens is 3. The van der Waals surface area contributed by atoms with Gasteiger partial charge < -0.3 is 9.47 Å². The minimum atomic E-state index is -0.716. The lowest BCUT2D eigenvalue weighted by molar-refractivity contribution is 0.0210. The highest BCUT2D eigenvalue weighted by Gasteiger charge is 2.37. The molecular formula is C32H34N4O4. The Balaban J connectivity index is 1.45. The number of hydrogen-bond acceptors (Lipinski definition) is 6. The lowest BCUT2D eigenvalue weighted by Crippen LogP contribution is -2.46. The summed E-state index contributed by atoms with van der Waals surface area (Å²) in [4.78, 5) is 31.9. The first-order chi connectivity index (χ1) is 19.1. The van der Waals surface area contributed by atoms with Crippen LogP contribution < -0.4 is 4.74 Å². The molecule has 0 fully saturated rings. The van der Waals surface area contributed by atoms with Gasteiger partial charge in [-0.2, -0.15) is 5.10 Å². The zero-order valence-electron chi connectivity index (χ0n) is 23.5. The van der Waals surface area contributed by atoms with E-state index in [1.807, 2.05) is 36.4 Å². The normalized spacial score (nSPS) is 13.3. The fourth-order valence-corrected chi connectivity index (χ4v) is 4.62. The maximum absolute atomic E-state index is 13.7. The van der Waals surface area contributed by atoms with Crippen LogP contribution in [0.4, 0.5) is 4.79 Å². The number of hydrogen-bond donors (Lipinski definition) is 0. The molecule has 0 N–H and O–H groups in total. The number of fused-ring (bicyclic) bond motifs is 1. The largest absolute Gasteiger partial charge is 0.489 e. The Bertz CT molecular complexity index is 1500. The van der Waals surface area contributed by atoms with Crippen LogP contribution in [0.2, 0.25) is 0 Å². The number of carbonyl (C=O) groups is 2. The van der Waals surface area contributed by atoms with E-state index in [4.69, 9.17) is 14.6 Å². The fraction of sp³-hybridized carbons (Fsp3) is 0.312. The number of carbonyl (C=O) groups excluding carboxylic acids is 2. The molecule has 0 bridgehead atoms. The van der Waals surface area contributed by atoms with Gasteiger partial charge in [-0.1, -0.05) is 50.2 Å². The van der Waals surface area contributed by atoms with Gasteiger partial charge in [-0.15, -0.1) is 0 Å². The summed E-state index contributed by atoms with van der Waals surface area (Å²) in [6, 6.07) is 19.8. The number of amides is 2. The van der Waals surface area contributed by atoms with Crippen molar-refractivity contribution < 1.29 is 19.1 Å². The molecule has 0 saturated carbocycles. The highest BCUT2D eigenvalue weighted by Crippen LogP contribution is 2.37. The van der Waals surface area contributed by atoms with E-state index in [1.165, 1.54) is 5.56 Å². The summed E-state index contributed by atoms with van der Waals surface area (Å²) < 4.78 is 13.2. The van der Waals surface area contributed by atoms with Gasteiger partial charge in [-0.25, -0.2) is 9.69 Å². The van der Waals surface area contributed by atoms with E-state index in [9.17, 15) is 9.59 Å². The summed E-state index contributed by atoms with van der Waals surface area (Å²) in [5.74, 6) is 0.760. The van der Waals surface area contributed by atoms with Crippen molar-refractivity contribution in [3.63, 3.8) is 0 Å². The molecule has 0 aliphatic carbocycles. The monoisotopic (exact) mass is 538 g/mol. The quantitative estimate of drug-likeness (QED) is 0.271. The predicted octanol–water partition coefficient (Wildman–Crippen LogP) is 6.71. The molecule has 2 aromatic carbocycles. The van der Waals surface area contributed by atoms with Gasteiger partial charge in [0.2, 0.25) is 0 Å². The molecule has 2 aromatic heterocycles. The molecule has 4 aromatic rings. The molecule has 5 rings (SSSR count). The van der Waals surface area contributed by atoms with Gasteiger partial charge in [0.1, 0.15) is 29.3 Å². The van der Waals surface area contributed by atoms with Gasteiger partial charge in [0.05, 0.1) is 13.1 Å². The Labute approximate surface area is 234 Å². The number of imide groups is 1.